The molecule has 0 aromatic carbocycles. The highest BCUT2D eigenvalue weighted by Crippen LogP contribution is 2.25. The van der Waals surface area contributed by atoms with Crippen molar-refractivity contribution in [3.05, 3.63) is 0 Å². The molecular weight excluding hydrogens is 274 g/mol. The fourth-order valence-corrected chi connectivity index (χ4v) is 2.31. The minimum atomic E-state index is -0.804. The molecule has 21 heavy (non-hydrogen) atoms. The van der Waals surface area contributed by atoms with Crippen LogP contribution in [0.3, 0.4) is 0 Å². The highest BCUT2D eigenvalue weighted by atomic mass is 16.4. The first kappa shape index (κ1) is 17.3. The van der Waals surface area contributed by atoms with Crippen LogP contribution in [0.4, 0.5) is 4.79 Å². The lowest BCUT2D eigenvalue weighted by atomic mass is 10.1. The molecule has 7 nitrogen and oxygen atoms in total. The molecule has 120 valence electrons. The van der Waals surface area contributed by atoms with Gasteiger partial charge in [-0.25, -0.2) is 4.79 Å². The first-order chi connectivity index (χ1) is 9.92. The molecule has 0 aromatic heterocycles. The van der Waals surface area contributed by atoms with Crippen LogP contribution >= 0.6 is 0 Å². The Morgan fingerprint density at radius 3 is 2.57 bits per heavy atom. The zero-order valence-electron chi connectivity index (χ0n) is 12.6. The van der Waals surface area contributed by atoms with Gasteiger partial charge in [-0.3, -0.25) is 9.59 Å². The molecule has 1 aliphatic rings. The summed E-state index contributed by atoms with van der Waals surface area (Å²) in [5.74, 6) is -1.26. The maximum atomic E-state index is 11.6. The second-order valence-electron chi connectivity index (χ2n) is 5.57. The lowest BCUT2D eigenvalue weighted by Crippen LogP contribution is -2.42. The van der Waals surface area contributed by atoms with Gasteiger partial charge in [-0.05, 0) is 32.6 Å². The van der Waals surface area contributed by atoms with E-state index >= 15 is 0 Å². The van der Waals surface area contributed by atoms with Crippen LogP contribution in [0.15, 0.2) is 0 Å². The first-order valence-electron chi connectivity index (χ1n) is 7.48. The summed E-state index contributed by atoms with van der Waals surface area (Å²) in [5.41, 5.74) is 0. The van der Waals surface area contributed by atoms with Crippen LogP contribution in [0.2, 0.25) is 0 Å². The summed E-state index contributed by atoms with van der Waals surface area (Å²) < 4.78 is 0. The van der Waals surface area contributed by atoms with Crippen LogP contribution in [0.1, 0.15) is 46.0 Å². The van der Waals surface area contributed by atoms with Gasteiger partial charge in [-0.1, -0.05) is 6.92 Å². The van der Waals surface area contributed by atoms with E-state index in [0.29, 0.717) is 19.3 Å². The Kier molecular flexibility index (Phi) is 6.98. The zero-order valence-corrected chi connectivity index (χ0v) is 12.6. The number of nitrogens with one attached hydrogen (secondary N) is 3. The number of carbonyl (C=O) groups excluding carboxylic acids is 2. The van der Waals surface area contributed by atoms with Gasteiger partial charge < -0.3 is 21.1 Å². The van der Waals surface area contributed by atoms with Crippen molar-refractivity contribution < 1.29 is 19.5 Å². The van der Waals surface area contributed by atoms with E-state index in [0.717, 1.165) is 6.42 Å². The summed E-state index contributed by atoms with van der Waals surface area (Å²) >= 11 is 0. The molecule has 0 heterocycles. The molecule has 1 aliphatic carbocycles. The highest BCUT2D eigenvalue weighted by molar-refractivity contribution is 5.78. The van der Waals surface area contributed by atoms with Crippen LogP contribution in [0, 0.1) is 5.92 Å². The molecule has 0 radical (unpaired) electrons. The van der Waals surface area contributed by atoms with Gasteiger partial charge in [-0.15, -0.1) is 0 Å². The number of aliphatic carboxylic acids is 1. The van der Waals surface area contributed by atoms with Crippen LogP contribution < -0.4 is 16.0 Å². The smallest absolute Gasteiger partial charge is 0.315 e. The number of carboxylic acids is 1. The van der Waals surface area contributed by atoms with Crippen molar-refractivity contribution in [3.8, 4) is 0 Å². The van der Waals surface area contributed by atoms with Gasteiger partial charge in [0.25, 0.3) is 0 Å². The van der Waals surface area contributed by atoms with E-state index in [1.165, 1.54) is 0 Å². The molecule has 1 rings (SSSR count). The highest BCUT2D eigenvalue weighted by Gasteiger charge is 2.30. The van der Waals surface area contributed by atoms with Crippen molar-refractivity contribution in [1.82, 2.24) is 16.0 Å². The molecule has 1 fully saturated rings. The second kappa shape index (κ2) is 8.49. The van der Waals surface area contributed by atoms with E-state index in [-0.39, 0.29) is 42.9 Å². The zero-order chi connectivity index (χ0) is 15.8. The minimum Gasteiger partial charge on any atom is -0.481 e. The molecule has 0 saturated heterocycles. The number of hydrogen-bond acceptors (Lipinski definition) is 3. The van der Waals surface area contributed by atoms with Gasteiger partial charge in [0.05, 0.1) is 5.92 Å². The third-order valence-electron chi connectivity index (χ3n) is 3.77. The van der Waals surface area contributed by atoms with Crippen molar-refractivity contribution in [3.63, 3.8) is 0 Å². The Balaban J connectivity index is 2.15. The second-order valence-corrected chi connectivity index (χ2v) is 5.57. The lowest BCUT2D eigenvalue weighted by Gasteiger charge is -2.14. The Morgan fingerprint density at radius 2 is 2.00 bits per heavy atom. The summed E-state index contributed by atoms with van der Waals surface area (Å²) in [6, 6.07) is -0.305. The third kappa shape index (κ3) is 6.46. The molecular formula is C14H25N3O4. The van der Waals surface area contributed by atoms with Crippen molar-refractivity contribution in [2.75, 3.05) is 6.54 Å². The lowest BCUT2D eigenvalue weighted by molar-refractivity contribution is -0.141. The molecule has 1 saturated carbocycles. The number of hydrogen-bond donors (Lipinski definition) is 4. The maximum Gasteiger partial charge on any atom is 0.315 e. The average molecular weight is 299 g/mol. The van der Waals surface area contributed by atoms with Crippen molar-refractivity contribution in [2.24, 2.45) is 5.92 Å². The van der Waals surface area contributed by atoms with Crippen molar-refractivity contribution >= 4 is 17.9 Å². The predicted molar refractivity (Wildman–Crippen MR) is 77.8 cm³/mol. The van der Waals surface area contributed by atoms with Crippen LogP contribution in [0.5, 0.6) is 0 Å². The molecule has 4 N–H and O–H groups in total. The van der Waals surface area contributed by atoms with Gasteiger partial charge in [0.2, 0.25) is 5.91 Å². The number of carboxylic acid groups (broad SMARTS) is 1. The first-order valence-corrected chi connectivity index (χ1v) is 7.48. The Bertz CT molecular complexity index is 386. The van der Waals surface area contributed by atoms with E-state index in [2.05, 4.69) is 16.0 Å². The summed E-state index contributed by atoms with van der Waals surface area (Å²) in [5, 5.41) is 17.1. The van der Waals surface area contributed by atoms with Crippen LogP contribution in [-0.2, 0) is 9.59 Å². The predicted octanol–water partition coefficient (Wildman–Crippen LogP) is 0.844. The van der Waals surface area contributed by atoms with Gasteiger partial charge >= 0.3 is 12.0 Å². The third-order valence-corrected chi connectivity index (χ3v) is 3.77. The standard InChI is InChI=1S/C14H25N3O4/c1-3-9(2)16-12(18)6-7-15-14(21)17-11-5-4-10(8-11)13(19)20/h9-11H,3-8H2,1-2H3,(H,16,18)(H,19,20)(H2,15,17,21)/t9?,10-,11+/m1/s1. The number of carbonyl (C=O) groups is 3. The normalized spacial score (nSPS) is 22.4. The summed E-state index contributed by atoms with van der Waals surface area (Å²) in [6.45, 7) is 4.18. The minimum absolute atomic E-state index is 0.0866. The summed E-state index contributed by atoms with van der Waals surface area (Å²) in [4.78, 5) is 34.0. The van der Waals surface area contributed by atoms with Gasteiger partial charge in [0.15, 0.2) is 0 Å². The SMILES string of the molecule is CCC(C)NC(=O)CCNC(=O)N[C@H]1CC[C@@H](C(=O)O)C1. The van der Waals surface area contributed by atoms with Crippen molar-refractivity contribution in [1.29, 1.82) is 0 Å². The molecule has 0 bridgehead atoms. The van der Waals surface area contributed by atoms with Crippen LogP contribution in [-0.4, -0.2) is 41.6 Å². The average Bonchev–Trinajstić information content (AvgIpc) is 2.87. The topological polar surface area (TPSA) is 108 Å². The summed E-state index contributed by atoms with van der Waals surface area (Å²) in [6.07, 6.45) is 2.85. The molecule has 1 unspecified atom stereocenters. The number of rotatable bonds is 7. The number of amides is 3. The maximum absolute atomic E-state index is 11.6. The molecule has 0 aromatic rings. The van der Waals surface area contributed by atoms with E-state index in [1.54, 1.807) is 0 Å². The quantitative estimate of drug-likeness (QED) is 0.559. The summed E-state index contributed by atoms with van der Waals surface area (Å²) in [7, 11) is 0. The Morgan fingerprint density at radius 1 is 1.29 bits per heavy atom. The van der Waals surface area contributed by atoms with E-state index in [1.807, 2.05) is 13.8 Å². The van der Waals surface area contributed by atoms with E-state index in [9.17, 15) is 14.4 Å². The van der Waals surface area contributed by atoms with Gasteiger partial charge in [0.1, 0.15) is 0 Å². The monoisotopic (exact) mass is 299 g/mol. The van der Waals surface area contributed by atoms with Gasteiger partial charge in [-0.2, -0.15) is 0 Å². The fraction of sp³-hybridized carbons (Fsp3) is 0.786. The van der Waals surface area contributed by atoms with Crippen LogP contribution in [0.25, 0.3) is 0 Å². The fourth-order valence-electron chi connectivity index (χ4n) is 2.31. The Hall–Kier alpha value is -1.79. The van der Waals surface area contributed by atoms with Crippen molar-refractivity contribution in [2.45, 2.75) is 58.0 Å². The molecule has 0 aliphatic heterocycles. The Labute approximate surface area is 124 Å². The molecule has 7 heteroatoms. The molecule has 3 amide bonds. The van der Waals surface area contributed by atoms with Gasteiger partial charge in [0, 0.05) is 25.0 Å². The molecule has 0 spiro atoms. The van der Waals surface area contributed by atoms with E-state index < -0.39 is 5.97 Å². The van der Waals surface area contributed by atoms with E-state index in [4.69, 9.17) is 5.11 Å². The molecule has 3 atom stereocenters. The largest absolute Gasteiger partial charge is 0.481 e. The number of urea groups is 1.